The lowest BCUT2D eigenvalue weighted by molar-refractivity contribution is 0.338. The fourth-order valence-corrected chi connectivity index (χ4v) is 3.70. The Morgan fingerprint density at radius 1 is 1.41 bits per heavy atom. The van der Waals surface area contributed by atoms with Gasteiger partial charge < -0.3 is 5.73 Å². The highest BCUT2D eigenvalue weighted by Gasteiger charge is 2.28. The van der Waals surface area contributed by atoms with Crippen molar-refractivity contribution in [1.29, 1.82) is 0 Å². The standard InChI is InChI=1S/C15H25NS/c1-2-13-5-3-9-15(16,10-7-13)11-8-14-6-4-12-17-14/h4,6,12-13H,2-3,5,7-11,16H2,1H3. The normalized spacial score (nSPS) is 30.1. The van der Waals surface area contributed by atoms with Gasteiger partial charge >= 0.3 is 0 Å². The Balaban J connectivity index is 1.85. The van der Waals surface area contributed by atoms with E-state index in [9.17, 15) is 0 Å². The maximum Gasteiger partial charge on any atom is 0.0157 e. The first-order chi connectivity index (χ1) is 8.22. The Labute approximate surface area is 109 Å². The van der Waals surface area contributed by atoms with E-state index in [-0.39, 0.29) is 5.54 Å². The minimum Gasteiger partial charge on any atom is -0.325 e. The molecule has 0 spiro atoms. The van der Waals surface area contributed by atoms with E-state index in [0.29, 0.717) is 0 Å². The second kappa shape index (κ2) is 6.01. The molecule has 0 radical (unpaired) electrons. The van der Waals surface area contributed by atoms with Crippen molar-refractivity contribution >= 4 is 11.3 Å². The third-order valence-electron chi connectivity index (χ3n) is 4.36. The minimum absolute atomic E-state index is 0.119. The molecule has 1 aromatic heterocycles. The third-order valence-corrected chi connectivity index (χ3v) is 5.30. The zero-order valence-electron chi connectivity index (χ0n) is 11.0. The van der Waals surface area contributed by atoms with Gasteiger partial charge in [-0.3, -0.25) is 0 Å². The van der Waals surface area contributed by atoms with Crippen LogP contribution in [-0.2, 0) is 6.42 Å². The number of thiophene rings is 1. The van der Waals surface area contributed by atoms with Gasteiger partial charge in [-0.2, -0.15) is 0 Å². The van der Waals surface area contributed by atoms with Crippen molar-refractivity contribution in [3.05, 3.63) is 22.4 Å². The van der Waals surface area contributed by atoms with Crippen LogP contribution in [0.4, 0.5) is 0 Å². The zero-order valence-corrected chi connectivity index (χ0v) is 11.8. The quantitative estimate of drug-likeness (QED) is 0.790. The summed E-state index contributed by atoms with van der Waals surface area (Å²) in [6, 6.07) is 4.38. The van der Waals surface area contributed by atoms with Crippen LogP contribution >= 0.6 is 11.3 Å². The van der Waals surface area contributed by atoms with Gasteiger partial charge in [-0.25, -0.2) is 0 Å². The van der Waals surface area contributed by atoms with E-state index in [1.165, 1.54) is 56.2 Å². The Bertz CT molecular complexity index is 320. The molecule has 0 bridgehead atoms. The van der Waals surface area contributed by atoms with E-state index in [4.69, 9.17) is 5.73 Å². The smallest absolute Gasteiger partial charge is 0.0157 e. The average Bonchev–Trinajstić information content (AvgIpc) is 2.77. The molecule has 1 aliphatic carbocycles. The lowest BCUT2D eigenvalue weighted by Gasteiger charge is -2.28. The Kier molecular flexibility index (Phi) is 4.63. The van der Waals surface area contributed by atoms with Gasteiger partial charge in [0.05, 0.1) is 0 Å². The number of hydrogen-bond acceptors (Lipinski definition) is 2. The summed E-state index contributed by atoms with van der Waals surface area (Å²) >= 11 is 1.86. The van der Waals surface area contributed by atoms with Gasteiger partial charge in [0.2, 0.25) is 0 Å². The maximum absolute atomic E-state index is 6.60. The summed E-state index contributed by atoms with van der Waals surface area (Å²) in [7, 11) is 0. The van der Waals surface area contributed by atoms with Crippen LogP contribution in [-0.4, -0.2) is 5.54 Å². The molecular formula is C15H25NS. The Hall–Kier alpha value is -0.340. The van der Waals surface area contributed by atoms with Crippen LogP contribution < -0.4 is 5.73 Å². The van der Waals surface area contributed by atoms with Crippen LogP contribution in [0.15, 0.2) is 17.5 Å². The third kappa shape index (κ3) is 3.82. The van der Waals surface area contributed by atoms with E-state index in [1.54, 1.807) is 0 Å². The second-order valence-corrected chi connectivity index (χ2v) is 6.68. The highest BCUT2D eigenvalue weighted by atomic mass is 32.1. The highest BCUT2D eigenvalue weighted by molar-refractivity contribution is 7.09. The molecule has 1 aliphatic rings. The molecule has 0 amide bonds. The summed E-state index contributed by atoms with van der Waals surface area (Å²) in [4.78, 5) is 1.49. The van der Waals surface area contributed by atoms with Crippen LogP contribution in [0.3, 0.4) is 0 Å². The Morgan fingerprint density at radius 3 is 3.00 bits per heavy atom. The van der Waals surface area contributed by atoms with Gasteiger partial charge in [-0.15, -0.1) is 11.3 Å². The van der Waals surface area contributed by atoms with E-state index in [0.717, 1.165) is 5.92 Å². The van der Waals surface area contributed by atoms with E-state index < -0.39 is 0 Å². The minimum atomic E-state index is 0.119. The van der Waals surface area contributed by atoms with E-state index in [2.05, 4.69) is 24.4 Å². The molecule has 2 N–H and O–H groups in total. The second-order valence-electron chi connectivity index (χ2n) is 5.65. The van der Waals surface area contributed by atoms with Crippen molar-refractivity contribution in [2.24, 2.45) is 11.7 Å². The van der Waals surface area contributed by atoms with E-state index >= 15 is 0 Å². The first kappa shape index (κ1) is 13.1. The number of aryl methyl sites for hydroxylation is 1. The molecule has 2 atom stereocenters. The topological polar surface area (TPSA) is 26.0 Å². The predicted octanol–water partition coefficient (Wildman–Crippen LogP) is 4.37. The molecule has 0 saturated heterocycles. The molecule has 0 aromatic carbocycles. The molecule has 1 nitrogen and oxygen atoms in total. The van der Waals surface area contributed by atoms with Crippen molar-refractivity contribution in [2.45, 2.75) is 63.8 Å². The number of nitrogens with two attached hydrogens (primary N) is 1. The predicted molar refractivity (Wildman–Crippen MR) is 76.4 cm³/mol. The maximum atomic E-state index is 6.60. The fraction of sp³-hybridized carbons (Fsp3) is 0.733. The first-order valence-electron chi connectivity index (χ1n) is 7.03. The van der Waals surface area contributed by atoms with Gasteiger partial charge in [-0.05, 0) is 49.5 Å². The molecule has 0 aliphatic heterocycles. The molecule has 1 aromatic rings. The summed E-state index contributed by atoms with van der Waals surface area (Å²) in [6.45, 7) is 2.32. The van der Waals surface area contributed by atoms with Crippen LogP contribution in [0, 0.1) is 5.92 Å². The summed E-state index contributed by atoms with van der Waals surface area (Å²) < 4.78 is 0. The fourth-order valence-electron chi connectivity index (χ4n) is 2.99. The summed E-state index contributed by atoms with van der Waals surface area (Å²) in [5.41, 5.74) is 6.72. The largest absolute Gasteiger partial charge is 0.325 e. The summed E-state index contributed by atoms with van der Waals surface area (Å²) in [5.74, 6) is 0.933. The molecule has 1 heterocycles. The molecule has 1 saturated carbocycles. The molecular weight excluding hydrogens is 226 g/mol. The van der Waals surface area contributed by atoms with Crippen LogP contribution in [0.2, 0.25) is 0 Å². The highest BCUT2D eigenvalue weighted by Crippen LogP contribution is 2.33. The van der Waals surface area contributed by atoms with Crippen molar-refractivity contribution in [1.82, 2.24) is 0 Å². The van der Waals surface area contributed by atoms with Gasteiger partial charge in [0.15, 0.2) is 0 Å². The van der Waals surface area contributed by atoms with Crippen LogP contribution in [0.1, 0.15) is 56.7 Å². The van der Waals surface area contributed by atoms with Crippen LogP contribution in [0.5, 0.6) is 0 Å². The summed E-state index contributed by atoms with van der Waals surface area (Å²) in [6.07, 6.45) is 10.2. The van der Waals surface area contributed by atoms with Gasteiger partial charge in [0.1, 0.15) is 0 Å². The SMILES string of the molecule is CCC1CCCC(N)(CCc2cccs2)CC1. The first-order valence-corrected chi connectivity index (χ1v) is 7.91. The van der Waals surface area contributed by atoms with Gasteiger partial charge in [0, 0.05) is 10.4 Å². The van der Waals surface area contributed by atoms with Crippen molar-refractivity contribution in [2.75, 3.05) is 0 Å². The van der Waals surface area contributed by atoms with Crippen molar-refractivity contribution in [3.8, 4) is 0 Å². The number of hydrogen-bond donors (Lipinski definition) is 1. The molecule has 17 heavy (non-hydrogen) atoms. The van der Waals surface area contributed by atoms with Gasteiger partial charge in [-0.1, -0.05) is 32.3 Å². The van der Waals surface area contributed by atoms with Crippen molar-refractivity contribution < 1.29 is 0 Å². The van der Waals surface area contributed by atoms with Crippen LogP contribution in [0.25, 0.3) is 0 Å². The molecule has 2 heteroatoms. The zero-order chi connectivity index (χ0) is 12.1. The lowest BCUT2D eigenvalue weighted by Crippen LogP contribution is -2.39. The molecule has 2 rings (SSSR count). The van der Waals surface area contributed by atoms with E-state index in [1.807, 2.05) is 11.3 Å². The summed E-state index contributed by atoms with van der Waals surface area (Å²) in [5, 5.41) is 2.17. The van der Waals surface area contributed by atoms with Gasteiger partial charge in [0.25, 0.3) is 0 Å². The monoisotopic (exact) mass is 251 g/mol. The number of rotatable bonds is 4. The van der Waals surface area contributed by atoms with Crippen molar-refractivity contribution in [3.63, 3.8) is 0 Å². The molecule has 96 valence electrons. The lowest BCUT2D eigenvalue weighted by atomic mass is 9.86. The molecule has 1 fully saturated rings. The average molecular weight is 251 g/mol. The Morgan fingerprint density at radius 2 is 2.29 bits per heavy atom. The molecule has 2 unspecified atom stereocenters.